The van der Waals surface area contributed by atoms with Gasteiger partial charge in [0.1, 0.15) is 0 Å². The molecule has 7 nitrogen and oxygen atoms in total. The molecule has 0 radical (unpaired) electrons. The van der Waals surface area contributed by atoms with Crippen molar-refractivity contribution in [2.45, 2.75) is 57.8 Å². The van der Waals surface area contributed by atoms with Crippen molar-refractivity contribution in [3.8, 4) is 11.5 Å². The van der Waals surface area contributed by atoms with Crippen LogP contribution in [0.15, 0.2) is 48.5 Å². The van der Waals surface area contributed by atoms with E-state index in [9.17, 15) is 9.59 Å². The van der Waals surface area contributed by atoms with Crippen LogP contribution in [0.25, 0.3) is 0 Å². The molecule has 1 atom stereocenters. The van der Waals surface area contributed by atoms with Gasteiger partial charge in [0.05, 0.1) is 11.7 Å². The maximum absolute atomic E-state index is 13.7. The van der Waals surface area contributed by atoms with Crippen LogP contribution in [0.5, 0.6) is 11.5 Å². The Balaban J connectivity index is 1.37. The van der Waals surface area contributed by atoms with Crippen LogP contribution >= 0.6 is 0 Å². The predicted molar refractivity (Wildman–Crippen MR) is 128 cm³/mol. The number of ether oxygens (including phenoxy) is 2. The van der Waals surface area contributed by atoms with E-state index in [-0.39, 0.29) is 24.6 Å². The van der Waals surface area contributed by atoms with E-state index in [2.05, 4.69) is 31.3 Å². The van der Waals surface area contributed by atoms with Crippen LogP contribution in [-0.4, -0.2) is 53.2 Å². The quantitative estimate of drug-likeness (QED) is 0.712. The third kappa shape index (κ3) is 4.49. The molecule has 2 saturated heterocycles. The van der Waals surface area contributed by atoms with Crippen molar-refractivity contribution in [2.75, 3.05) is 19.9 Å². The lowest BCUT2D eigenvalue weighted by Gasteiger charge is -2.45. The number of nitrogens with one attached hydrogen (secondary N) is 1. The molecule has 5 rings (SSSR count). The summed E-state index contributed by atoms with van der Waals surface area (Å²) >= 11 is 0. The van der Waals surface area contributed by atoms with Gasteiger partial charge in [-0.15, -0.1) is 0 Å². The standard InChI is InChI=1S/C27H33N3O4/c1-19(2)14-25(31)29-12-10-27(11-13-29)28-22(15-20-6-4-3-5-7-20)26(32)30(27)17-21-8-9-23-24(16-21)34-18-33-23/h3-9,16,19,22,28H,10-15,17-18H2,1-2H3. The summed E-state index contributed by atoms with van der Waals surface area (Å²) in [5, 5.41) is 3.71. The Bertz CT molecular complexity index is 1050. The highest BCUT2D eigenvalue weighted by Gasteiger charge is 2.51. The average Bonchev–Trinajstić information content (AvgIpc) is 3.38. The molecular formula is C27H33N3O4. The van der Waals surface area contributed by atoms with Gasteiger partial charge in [0.25, 0.3) is 0 Å². The van der Waals surface area contributed by atoms with E-state index >= 15 is 0 Å². The second kappa shape index (κ2) is 9.29. The van der Waals surface area contributed by atoms with Crippen molar-refractivity contribution in [1.82, 2.24) is 15.1 Å². The van der Waals surface area contributed by atoms with Crippen LogP contribution in [0.3, 0.4) is 0 Å². The van der Waals surface area contributed by atoms with Crippen LogP contribution in [0, 0.1) is 5.92 Å². The molecule has 0 bridgehead atoms. The number of carbonyl (C=O) groups is 2. The maximum Gasteiger partial charge on any atom is 0.241 e. The zero-order chi connectivity index (χ0) is 23.7. The number of benzene rings is 2. The van der Waals surface area contributed by atoms with Gasteiger partial charge in [-0.05, 0) is 35.6 Å². The Hall–Kier alpha value is -3.06. The molecule has 2 aromatic rings. The third-order valence-corrected chi connectivity index (χ3v) is 7.11. The van der Waals surface area contributed by atoms with Crippen LogP contribution in [0.2, 0.25) is 0 Å². The highest BCUT2D eigenvalue weighted by atomic mass is 16.7. The number of nitrogens with zero attached hydrogens (tertiary/aromatic N) is 2. The van der Waals surface area contributed by atoms with Gasteiger partial charge in [0, 0.05) is 38.9 Å². The van der Waals surface area contributed by atoms with E-state index in [1.807, 2.05) is 46.2 Å². The van der Waals surface area contributed by atoms with Crippen LogP contribution < -0.4 is 14.8 Å². The van der Waals surface area contributed by atoms with Crippen LogP contribution in [0.4, 0.5) is 0 Å². The minimum absolute atomic E-state index is 0.114. The molecule has 1 unspecified atom stereocenters. The lowest BCUT2D eigenvalue weighted by atomic mass is 9.94. The number of piperidine rings is 1. The van der Waals surface area contributed by atoms with Crippen molar-refractivity contribution in [3.63, 3.8) is 0 Å². The zero-order valence-corrected chi connectivity index (χ0v) is 20.0. The van der Waals surface area contributed by atoms with E-state index in [1.54, 1.807) is 0 Å². The third-order valence-electron chi connectivity index (χ3n) is 7.11. The average molecular weight is 464 g/mol. The molecular weight excluding hydrogens is 430 g/mol. The Morgan fingerprint density at radius 1 is 1.06 bits per heavy atom. The molecule has 1 N–H and O–H groups in total. The van der Waals surface area contributed by atoms with Crippen molar-refractivity contribution in [3.05, 3.63) is 59.7 Å². The summed E-state index contributed by atoms with van der Waals surface area (Å²) in [6.45, 7) is 6.17. The SMILES string of the molecule is CC(C)CC(=O)N1CCC2(CC1)NC(Cc1ccccc1)C(=O)N2Cc1ccc2c(c1)OCO2. The van der Waals surface area contributed by atoms with E-state index in [1.165, 1.54) is 0 Å². The summed E-state index contributed by atoms with van der Waals surface area (Å²) < 4.78 is 11.0. The Labute approximate surface area is 201 Å². The summed E-state index contributed by atoms with van der Waals surface area (Å²) in [4.78, 5) is 30.3. The summed E-state index contributed by atoms with van der Waals surface area (Å²) in [5.74, 6) is 2.12. The molecule has 2 fully saturated rings. The van der Waals surface area contributed by atoms with Gasteiger partial charge in [-0.2, -0.15) is 0 Å². The molecule has 1 spiro atoms. The normalized spacial score (nSPS) is 21.0. The zero-order valence-electron chi connectivity index (χ0n) is 20.0. The molecule has 7 heteroatoms. The van der Waals surface area contributed by atoms with Crippen molar-refractivity contribution < 1.29 is 19.1 Å². The molecule has 180 valence electrons. The number of hydrogen-bond donors (Lipinski definition) is 1. The number of amides is 2. The smallest absolute Gasteiger partial charge is 0.241 e. The predicted octanol–water partition coefficient (Wildman–Crippen LogP) is 3.32. The van der Waals surface area contributed by atoms with Crippen molar-refractivity contribution in [1.29, 1.82) is 0 Å². The molecule has 0 aliphatic carbocycles. The number of likely N-dealkylation sites (tertiary alicyclic amines) is 1. The van der Waals surface area contributed by atoms with Crippen LogP contribution in [-0.2, 0) is 22.6 Å². The molecule has 0 saturated carbocycles. The molecule has 2 aromatic carbocycles. The van der Waals surface area contributed by atoms with E-state index in [0.717, 1.165) is 35.5 Å². The first-order chi connectivity index (χ1) is 16.4. The first-order valence-electron chi connectivity index (χ1n) is 12.2. The Morgan fingerprint density at radius 2 is 1.79 bits per heavy atom. The lowest BCUT2D eigenvalue weighted by Crippen LogP contribution is -2.59. The van der Waals surface area contributed by atoms with Crippen LogP contribution in [0.1, 0.15) is 44.2 Å². The number of fused-ring (bicyclic) bond motifs is 1. The minimum Gasteiger partial charge on any atom is -0.454 e. The minimum atomic E-state index is -0.457. The molecule has 0 aromatic heterocycles. The van der Waals surface area contributed by atoms with Gasteiger partial charge < -0.3 is 19.3 Å². The summed E-state index contributed by atoms with van der Waals surface area (Å²) in [6.07, 6.45) is 2.66. The fourth-order valence-electron chi connectivity index (χ4n) is 5.32. The van der Waals surface area contributed by atoms with Crippen molar-refractivity contribution in [2.24, 2.45) is 5.92 Å². The monoisotopic (exact) mass is 463 g/mol. The number of carbonyl (C=O) groups excluding carboxylic acids is 2. The summed E-state index contributed by atoms with van der Waals surface area (Å²) in [5.41, 5.74) is 1.69. The fraction of sp³-hybridized carbons (Fsp3) is 0.481. The van der Waals surface area contributed by atoms with Crippen molar-refractivity contribution >= 4 is 11.8 Å². The van der Waals surface area contributed by atoms with E-state index in [0.29, 0.717) is 38.4 Å². The van der Waals surface area contributed by atoms with Gasteiger partial charge in [-0.25, -0.2) is 0 Å². The summed E-state index contributed by atoms with van der Waals surface area (Å²) in [7, 11) is 0. The molecule has 3 heterocycles. The molecule has 3 aliphatic heterocycles. The highest BCUT2D eigenvalue weighted by molar-refractivity contribution is 5.85. The largest absolute Gasteiger partial charge is 0.454 e. The van der Waals surface area contributed by atoms with E-state index < -0.39 is 5.66 Å². The lowest BCUT2D eigenvalue weighted by molar-refractivity contribution is -0.138. The second-order valence-corrected chi connectivity index (χ2v) is 10.0. The molecule has 34 heavy (non-hydrogen) atoms. The van der Waals surface area contributed by atoms with E-state index in [4.69, 9.17) is 9.47 Å². The second-order valence-electron chi connectivity index (χ2n) is 10.0. The fourth-order valence-corrected chi connectivity index (χ4v) is 5.32. The van der Waals surface area contributed by atoms with Gasteiger partial charge >= 0.3 is 0 Å². The van der Waals surface area contributed by atoms with Gasteiger partial charge in [-0.1, -0.05) is 50.2 Å². The Morgan fingerprint density at radius 3 is 2.53 bits per heavy atom. The summed E-state index contributed by atoms with van der Waals surface area (Å²) in [6, 6.07) is 15.7. The first-order valence-corrected chi connectivity index (χ1v) is 12.2. The number of hydrogen-bond acceptors (Lipinski definition) is 5. The number of rotatable bonds is 6. The first kappa shape index (κ1) is 22.7. The van der Waals surface area contributed by atoms with Gasteiger partial charge in [0.2, 0.25) is 18.6 Å². The maximum atomic E-state index is 13.7. The highest BCUT2D eigenvalue weighted by Crippen LogP contribution is 2.37. The topological polar surface area (TPSA) is 71.1 Å². The van der Waals surface area contributed by atoms with Gasteiger partial charge in [0.15, 0.2) is 11.5 Å². The van der Waals surface area contributed by atoms with Gasteiger partial charge in [-0.3, -0.25) is 14.9 Å². The molecule has 3 aliphatic rings. The molecule has 2 amide bonds. The Kier molecular flexibility index (Phi) is 6.21.